The minimum absolute atomic E-state index is 0.170. The first-order valence-corrected chi connectivity index (χ1v) is 8.72. The highest BCUT2D eigenvalue weighted by molar-refractivity contribution is 6.32. The van der Waals surface area contributed by atoms with Crippen LogP contribution in [0.25, 0.3) is 12.2 Å². The molecule has 0 aliphatic carbocycles. The Kier molecular flexibility index (Phi) is 8.00. The number of halogens is 2. The van der Waals surface area contributed by atoms with E-state index in [2.05, 4.69) is 5.32 Å². The first-order valence-electron chi connectivity index (χ1n) is 7.97. The Morgan fingerprint density at radius 1 is 1.08 bits per heavy atom. The number of carbonyl (C=O) groups excluding carboxylic acids is 1. The smallest absolute Gasteiger partial charge is 0.244 e. The number of nitrogens with one attached hydrogen (secondary N) is 1. The average Bonchev–Trinajstić information content (AvgIpc) is 2.64. The highest BCUT2D eigenvalue weighted by atomic mass is 35.5. The van der Waals surface area contributed by atoms with Crippen LogP contribution in [0.3, 0.4) is 0 Å². The molecule has 0 saturated carbocycles. The Labute approximate surface area is 163 Å². The van der Waals surface area contributed by atoms with Crippen molar-refractivity contribution in [1.82, 2.24) is 5.32 Å². The van der Waals surface area contributed by atoms with Crippen LogP contribution in [0, 0.1) is 0 Å². The molecule has 0 heterocycles. The monoisotopic (exact) mass is 387 g/mol. The number of rotatable bonds is 7. The fraction of sp³-hybridized carbons (Fsp3) is 0.0952. The Hall–Kier alpha value is -2.49. The lowest BCUT2D eigenvalue weighted by atomic mass is 10.2. The molecule has 2 aromatic carbocycles. The van der Waals surface area contributed by atoms with Crippen LogP contribution in [0.1, 0.15) is 11.1 Å². The molecule has 0 saturated heterocycles. The van der Waals surface area contributed by atoms with E-state index in [1.54, 1.807) is 25.3 Å². The predicted octanol–water partition coefficient (Wildman–Crippen LogP) is 5.40. The summed E-state index contributed by atoms with van der Waals surface area (Å²) in [4.78, 5) is 11.7. The van der Waals surface area contributed by atoms with Gasteiger partial charge in [0.15, 0.2) is 0 Å². The second kappa shape index (κ2) is 10.5. The van der Waals surface area contributed by atoms with Crippen molar-refractivity contribution in [2.24, 2.45) is 0 Å². The molecule has 0 fully saturated rings. The van der Waals surface area contributed by atoms with Gasteiger partial charge in [0.1, 0.15) is 5.75 Å². The fourth-order valence-corrected chi connectivity index (χ4v) is 2.42. The van der Waals surface area contributed by atoms with Gasteiger partial charge in [-0.1, -0.05) is 65.7 Å². The molecule has 26 heavy (non-hydrogen) atoms. The third-order valence-electron chi connectivity index (χ3n) is 3.42. The van der Waals surface area contributed by atoms with Crippen LogP contribution < -0.4 is 10.1 Å². The molecule has 3 nitrogen and oxygen atoms in total. The second-order valence-electron chi connectivity index (χ2n) is 5.30. The minimum Gasteiger partial charge on any atom is -0.497 e. The maximum atomic E-state index is 11.7. The van der Waals surface area contributed by atoms with E-state index in [1.807, 2.05) is 54.6 Å². The summed E-state index contributed by atoms with van der Waals surface area (Å²) in [6, 6.07) is 12.9. The van der Waals surface area contributed by atoms with Crippen LogP contribution in [0.4, 0.5) is 0 Å². The van der Waals surface area contributed by atoms with Gasteiger partial charge < -0.3 is 10.1 Å². The van der Waals surface area contributed by atoms with Crippen molar-refractivity contribution in [2.75, 3.05) is 13.7 Å². The first-order chi connectivity index (χ1) is 12.6. The van der Waals surface area contributed by atoms with E-state index in [-0.39, 0.29) is 5.91 Å². The summed E-state index contributed by atoms with van der Waals surface area (Å²) in [5.41, 5.74) is 1.88. The minimum atomic E-state index is -0.170. The number of hydrogen-bond acceptors (Lipinski definition) is 2. The molecule has 0 aliphatic heterocycles. The van der Waals surface area contributed by atoms with Gasteiger partial charge in [-0.05, 0) is 41.5 Å². The van der Waals surface area contributed by atoms with E-state index in [1.165, 1.54) is 6.08 Å². The molecule has 0 aromatic heterocycles. The van der Waals surface area contributed by atoms with Crippen LogP contribution >= 0.6 is 23.2 Å². The van der Waals surface area contributed by atoms with Gasteiger partial charge in [-0.3, -0.25) is 4.79 Å². The number of benzene rings is 2. The summed E-state index contributed by atoms with van der Waals surface area (Å²) in [6.07, 6.45) is 10.5. The van der Waals surface area contributed by atoms with E-state index >= 15 is 0 Å². The quantitative estimate of drug-likeness (QED) is 0.509. The second-order valence-corrected chi connectivity index (χ2v) is 6.15. The van der Waals surface area contributed by atoms with Gasteiger partial charge in [-0.15, -0.1) is 0 Å². The zero-order valence-electron chi connectivity index (χ0n) is 14.3. The largest absolute Gasteiger partial charge is 0.497 e. The van der Waals surface area contributed by atoms with E-state index in [0.29, 0.717) is 22.3 Å². The molecule has 1 amide bonds. The molecule has 0 aliphatic rings. The molecule has 0 unspecified atom stereocenters. The van der Waals surface area contributed by atoms with Crippen molar-refractivity contribution >= 4 is 41.3 Å². The molecule has 2 aromatic rings. The van der Waals surface area contributed by atoms with Gasteiger partial charge in [-0.25, -0.2) is 0 Å². The van der Waals surface area contributed by atoms with Crippen LogP contribution in [-0.2, 0) is 4.79 Å². The van der Waals surface area contributed by atoms with E-state index in [0.717, 1.165) is 11.1 Å². The van der Waals surface area contributed by atoms with E-state index < -0.39 is 0 Å². The van der Waals surface area contributed by atoms with Crippen molar-refractivity contribution in [3.63, 3.8) is 0 Å². The highest BCUT2D eigenvalue weighted by Gasteiger charge is 1.98. The molecule has 5 heteroatoms. The topological polar surface area (TPSA) is 38.3 Å². The number of carbonyl (C=O) groups is 1. The third kappa shape index (κ3) is 6.79. The maximum Gasteiger partial charge on any atom is 0.244 e. The molecule has 2 rings (SSSR count). The molecular weight excluding hydrogens is 369 g/mol. The van der Waals surface area contributed by atoms with Gasteiger partial charge in [-0.2, -0.15) is 0 Å². The van der Waals surface area contributed by atoms with Gasteiger partial charge in [0.25, 0.3) is 0 Å². The number of allylic oxidation sites excluding steroid dienone is 2. The zero-order chi connectivity index (χ0) is 18.8. The third-order valence-corrected chi connectivity index (χ3v) is 4.00. The maximum absolute atomic E-state index is 11.7. The Bertz CT molecular complexity index is 824. The van der Waals surface area contributed by atoms with Crippen LogP contribution in [-0.4, -0.2) is 19.6 Å². The van der Waals surface area contributed by atoms with Gasteiger partial charge in [0, 0.05) is 17.6 Å². The highest BCUT2D eigenvalue weighted by Crippen LogP contribution is 2.23. The lowest BCUT2D eigenvalue weighted by Gasteiger charge is -2.02. The number of methoxy groups -OCH3 is 1. The van der Waals surface area contributed by atoms with Crippen molar-refractivity contribution < 1.29 is 9.53 Å². The standard InChI is InChI=1S/C21H19Cl2NO2/c1-26-19-13-10-17(20(23)15-19)6-2-3-7-21(25)24-14-4-5-16-8-11-18(22)12-9-16/h2-13,15H,14H2,1H3,(H,24,25)/b5-4-,6-2+,7-3+. The molecule has 1 N–H and O–H groups in total. The van der Waals surface area contributed by atoms with Crippen molar-refractivity contribution in [1.29, 1.82) is 0 Å². The normalized spacial score (nSPS) is 11.5. The zero-order valence-corrected chi connectivity index (χ0v) is 15.8. The van der Waals surface area contributed by atoms with Gasteiger partial charge >= 0.3 is 0 Å². The number of hydrogen-bond donors (Lipinski definition) is 1. The molecular formula is C21H19Cl2NO2. The van der Waals surface area contributed by atoms with Gasteiger partial charge in [0.05, 0.1) is 12.1 Å². The lowest BCUT2D eigenvalue weighted by molar-refractivity contribution is -0.116. The van der Waals surface area contributed by atoms with Crippen LogP contribution in [0.2, 0.25) is 10.0 Å². The van der Waals surface area contributed by atoms with Gasteiger partial charge in [0.2, 0.25) is 5.91 Å². The fourth-order valence-electron chi connectivity index (χ4n) is 2.06. The van der Waals surface area contributed by atoms with Crippen molar-refractivity contribution in [2.45, 2.75) is 0 Å². The molecule has 0 spiro atoms. The number of ether oxygens (including phenoxy) is 1. The lowest BCUT2D eigenvalue weighted by Crippen LogP contribution is -2.20. The SMILES string of the molecule is COc1ccc(/C=C/C=C/C(=O)NC/C=C\c2ccc(Cl)cc2)c(Cl)c1. The molecule has 0 atom stereocenters. The molecule has 0 bridgehead atoms. The van der Waals surface area contributed by atoms with Crippen LogP contribution in [0.15, 0.2) is 66.8 Å². The average molecular weight is 388 g/mol. The summed E-state index contributed by atoms with van der Waals surface area (Å²) in [6.45, 7) is 0.444. The van der Waals surface area contributed by atoms with E-state index in [4.69, 9.17) is 27.9 Å². The summed E-state index contributed by atoms with van der Waals surface area (Å²) in [7, 11) is 1.59. The first kappa shape index (κ1) is 19.8. The number of amides is 1. The summed E-state index contributed by atoms with van der Waals surface area (Å²) in [5.74, 6) is 0.532. The van der Waals surface area contributed by atoms with Crippen LogP contribution in [0.5, 0.6) is 5.75 Å². The van der Waals surface area contributed by atoms with Crippen molar-refractivity contribution in [3.05, 3.63) is 87.9 Å². The molecule has 134 valence electrons. The summed E-state index contributed by atoms with van der Waals surface area (Å²) < 4.78 is 5.10. The summed E-state index contributed by atoms with van der Waals surface area (Å²) >= 11 is 12.0. The Balaban J connectivity index is 1.77. The summed E-state index contributed by atoms with van der Waals surface area (Å²) in [5, 5.41) is 4.06. The Morgan fingerprint density at radius 3 is 2.54 bits per heavy atom. The predicted molar refractivity (Wildman–Crippen MR) is 110 cm³/mol. The van der Waals surface area contributed by atoms with Crippen molar-refractivity contribution in [3.8, 4) is 5.75 Å². The molecule has 0 radical (unpaired) electrons. The Morgan fingerprint density at radius 2 is 1.85 bits per heavy atom. The van der Waals surface area contributed by atoms with E-state index in [9.17, 15) is 4.79 Å².